The third-order valence-corrected chi connectivity index (χ3v) is 2.87. The van der Waals surface area contributed by atoms with Gasteiger partial charge in [-0.3, -0.25) is 5.11 Å². The lowest BCUT2D eigenvalue weighted by atomic mass is 9.81. The van der Waals surface area contributed by atoms with Crippen LogP contribution >= 0.6 is 0 Å². The molecule has 14 heavy (non-hydrogen) atoms. The maximum atomic E-state index is 11.9. The zero-order valence-corrected chi connectivity index (χ0v) is 9.99. The molecule has 1 heteroatoms. The summed E-state index contributed by atoms with van der Waals surface area (Å²) < 4.78 is 0. The molecule has 0 unspecified atom stereocenters. The molecule has 1 aromatic carbocycles. The summed E-state index contributed by atoms with van der Waals surface area (Å²) in [6, 6.07) is 1.75. The first-order valence-corrected chi connectivity index (χ1v) is 5.03. The van der Waals surface area contributed by atoms with E-state index in [2.05, 4.69) is 27.7 Å². The molecule has 1 radical (unpaired) electrons. The monoisotopic (exact) mass is 191 g/mol. The van der Waals surface area contributed by atoms with Gasteiger partial charge in [-0.05, 0) is 48.9 Å². The molecule has 77 valence electrons. The van der Waals surface area contributed by atoms with Gasteiger partial charge in [-0.2, -0.15) is 0 Å². The van der Waals surface area contributed by atoms with E-state index in [1.165, 1.54) is 5.56 Å². The van der Waals surface area contributed by atoms with Gasteiger partial charge in [-0.15, -0.1) is 0 Å². The molecule has 0 saturated heterocycles. The van der Waals surface area contributed by atoms with Crippen molar-refractivity contribution in [2.45, 2.75) is 47.0 Å². The van der Waals surface area contributed by atoms with Gasteiger partial charge in [0.15, 0.2) is 5.75 Å². The Balaban J connectivity index is 3.53. The van der Waals surface area contributed by atoms with Crippen LogP contribution < -0.4 is 0 Å². The minimum absolute atomic E-state index is 0.0559. The number of hydrogen-bond acceptors (Lipinski definition) is 0. The summed E-state index contributed by atoms with van der Waals surface area (Å²) in [5, 5.41) is 11.9. The van der Waals surface area contributed by atoms with Crippen LogP contribution in [0.1, 0.15) is 43.0 Å². The Morgan fingerprint density at radius 1 is 1.00 bits per heavy atom. The van der Waals surface area contributed by atoms with Crippen LogP contribution in [-0.2, 0) is 10.5 Å². The largest absolute Gasteiger partial charge is 0.290 e. The van der Waals surface area contributed by atoms with Crippen molar-refractivity contribution < 1.29 is 5.11 Å². The summed E-state index contributed by atoms with van der Waals surface area (Å²) in [4.78, 5) is 0. The Bertz CT molecular complexity index is 356. The molecule has 0 aliphatic carbocycles. The minimum Gasteiger partial charge on any atom is -0.290 e. The lowest BCUT2D eigenvalue weighted by Crippen LogP contribution is -2.14. The topological polar surface area (TPSA) is 19.9 Å². The molecule has 1 rings (SSSR count). The predicted molar refractivity (Wildman–Crippen MR) is 59.5 cm³/mol. The quantitative estimate of drug-likeness (QED) is 0.589. The van der Waals surface area contributed by atoms with Gasteiger partial charge in [-0.25, -0.2) is 0 Å². The highest BCUT2D eigenvalue weighted by molar-refractivity contribution is 5.50. The van der Waals surface area contributed by atoms with Crippen LogP contribution in [0.5, 0.6) is 5.75 Å². The van der Waals surface area contributed by atoms with Crippen molar-refractivity contribution in [3.63, 3.8) is 0 Å². The summed E-state index contributed by atoms with van der Waals surface area (Å²) in [7, 11) is 0. The number of aryl methyl sites for hydroxylation is 1. The third-order valence-electron chi connectivity index (χ3n) is 2.87. The zero-order chi connectivity index (χ0) is 11.1. The van der Waals surface area contributed by atoms with Crippen molar-refractivity contribution in [3.8, 4) is 5.75 Å². The normalized spacial score (nSPS) is 11.9. The van der Waals surface area contributed by atoms with E-state index >= 15 is 0 Å². The Hall–Kier alpha value is -0.980. The highest BCUT2D eigenvalue weighted by Crippen LogP contribution is 2.36. The van der Waals surface area contributed by atoms with E-state index < -0.39 is 0 Å². The van der Waals surface area contributed by atoms with Crippen molar-refractivity contribution in [1.82, 2.24) is 0 Å². The van der Waals surface area contributed by atoms with Crippen LogP contribution in [0.3, 0.4) is 0 Å². The maximum Gasteiger partial charge on any atom is 0.182 e. The van der Waals surface area contributed by atoms with Crippen molar-refractivity contribution in [2.24, 2.45) is 0 Å². The fourth-order valence-electron chi connectivity index (χ4n) is 1.98. The van der Waals surface area contributed by atoms with Gasteiger partial charge in [0.2, 0.25) is 0 Å². The molecule has 0 aliphatic heterocycles. The molecule has 1 nitrogen and oxygen atoms in total. The number of hydrogen-bond donors (Lipinski definition) is 0. The Kier molecular flexibility index (Phi) is 2.62. The fraction of sp³-hybridized carbons (Fsp3) is 0.538. The van der Waals surface area contributed by atoms with Gasteiger partial charge in [0.1, 0.15) is 0 Å². The van der Waals surface area contributed by atoms with Crippen molar-refractivity contribution in [1.29, 1.82) is 0 Å². The summed E-state index contributed by atoms with van der Waals surface area (Å²) >= 11 is 0. The van der Waals surface area contributed by atoms with E-state index in [9.17, 15) is 5.11 Å². The van der Waals surface area contributed by atoms with E-state index in [1.54, 1.807) is 6.07 Å². The van der Waals surface area contributed by atoms with Crippen molar-refractivity contribution in [2.75, 3.05) is 0 Å². The molecule has 0 aromatic heterocycles. The zero-order valence-electron chi connectivity index (χ0n) is 9.99. The van der Waals surface area contributed by atoms with Crippen LogP contribution in [0.15, 0.2) is 6.07 Å². The molecule has 0 saturated carbocycles. The molecule has 0 atom stereocenters. The van der Waals surface area contributed by atoms with E-state index in [0.29, 0.717) is 0 Å². The Morgan fingerprint density at radius 2 is 1.50 bits per heavy atom. The molecule has 0 amide bonds. The van der Waals surface area contributed by atoms with Gasteiger partial charge >= 0.3 is 0 Å². The first-order valence-electron chi connectivity index (χ1n) is 5.03. The van der Waals surface area contributed by atoms with Gasteiger partial charge in [0.25, 0.3) is 0 Å². The highest BCUT2D eigenvalue weighted by Gasteiger charge is 2.23. The second-order valence-electron chi connectivity index (χ2n) is 5.07. The van der Waals surface area contributed by atoms with Gasteiger partial charge in [0.05, 0.1) is 0 Å². The third kappa shape index (κ3) is 1.77. The van der Waals surface area contributed by atoms with Crippen LogP contribution in [-0.4, -0.2) is 0 Å². The molecule has 0 aliphatic rings. The average Bonchev–Trinajstić information content (AvgIpc) is 1.97. The first kappa shape index (κ1) is 11.1. The second-order valence-corrected chi connectivity index (χ2v) is 5.07. The fourth-order valence-corrected chi connectivity index (χ4v) is 1.98. The summed E-state index contributed by atoms with van der Waals surface area (Å²) in [6.45, 7) is 12.4. The highest BCUT2D eigenvalue weighted by atomic mass is 16.3. The van der Waals surface area contributed by atoms with Gasteiger partial charge in [0, 0.05) is 5.56 Å². The van der Waals surface area contributed by atoms with Crippen molar-refractivity contribution >= 4 is 0 Å². The molecule has 0 heterocycles. The summed E-state index contributed by atoms with van der Waals surface area (Å²) in [5.41, 5.74) is 4.40. The molecule has 0 fully saturated rings. The molecule has 0 spiro atoms. The number of rotatable bonds is 0. The smallest absolute Gasteiger partial charge is 0.182 e. The summed E-state index contributed by atoms with van der Waals surface area (Å²) in [5.74, 6) is 0.179. The summed E-state index contributed by atoms with van der Waals surface area (Å²) in [6.07, 6.45) is 0. The molecular weight excluding hydrogens is 172 g/mol. The Labute approximate surface area is 86.8 Å². The van der Waals surface area contributed by atoms with Crippen LogP contribution in [0, 0.1) is 20.8 Å². The second kappa shape index (κ2) is 3.30. The van der Waals surface area contributed by atoms with E-state index in [0.717, 1.165) is 16.7 Å². The van der Waals surface area contributed by atoms with Crippen LogP contribution in [0.4, 0.5) is 0 Å². The van der Waals surface area contributed by atoms with Gasteiger partial charge in [-0.1, -0.05) is 20.8 Å². The predicted octanol–water partition coefficient (Wildman–Crippen LogP) is 4.05. The van der Waals surface area contributed by atoms with Crippen LogP contribution in [0.25, 0.3) is 0 Å². The van der Waals surface area contributed by atoms with Crippen molar-refractivity contribution in [3.05, 3.63) is 28.3 Å². The van der Waals surface area contributed by atoms with E-state index in [4.69, 9.17) is 0 Å². The SMILES string of the molecule is Cc1cc([O])c(C(C)(C)C)c(C)c1C. The van der Waals surface area contributed by atoms with Crippen LogP contribution in [0.2, 0.25) is 0 Å². The standard InChI is InChI=1S/C13H19O/c1-8-7-11(14)12(13(4,5)6)10(3)9(8)2/h7H,1-6H3. The van der Waals surface area contributed by atoms with E-state index in [1.807, 2.05) is 13.8 Å². The molecule has 0 bridgehead atoms. The number of benzene rings is 1. The minimum atomic E-state index is -0.0559. The lowest BCUT2D eigenvalue weighted by molar-refractivity contribution is 0.339. The van der Waals surface area contributed by atoms with Gasteiger partial charge < -0.3 is 0 Å². The van der Waals surface area contributed by atoms with E-state index in [-0.39, 0.29) is 11.2 Å². The first-order chi connectivity index (χ1) is 6.25. The maximum absolute atomic E-state index is 11.9. The lowest BCUT2D eigenvalue weighted by Gasteiger charge is -2.24. The Morgan fingerprint density at radius 3 is 1.93 bits per heavy atom. The average molecular weight is 191 g/mol. The molecule has 0 N–H and O–H groups in total. The molecule has 1 aromatic rings. The molecular formula is C13H19O.